The van der Waals surface area contributed by atoms with Gasteiger partial charge in [0, 0.05) is 56.5 Å². The lowest BCUT2D eigenvalue weighted by Crippen LogP contribution is -2.45. The summed E-state index contributed by atoms with van der Waals surface area (Å²) in [6.45, 7) is 6.09. The van der Waals surface area contributed by atoms with Crippen LogP contribution in [-0.4, -0.2) is 34.5 Å². The second kappa shape index (κ2) is 7.50. The molecule has 5 heteroatoms. The number of hydrogen-bond acceptors (Lipinski definition) is 4. The second-order valence-corrected chi connectivity index (χ2v) is 5.22. The highest BCUT2D eigenvalue weighted by Crippen LogP contribution is 2.23. The molecule has 2 aromatic heterocycles. The van der Waals surface area contributed by atoms with Crippen LogP contribution in [0.3, 0.4) is 0 Å². The van der Waals surface area contributed by atoms with Crippen LogP contribution in [0.2, 0.25) is 0 Å². The Morgan fingerprint density at radius 2 is 2.14 bits per heavy atom. The number of nitrogens with zero attached hydrogens (tertiary/aromatic N) is 3. The van der Waals surface area contributed by atoms with E-state index in [0.29, 0.717) is 6.04 Å². The van der Waals surface area contributed by atoms with Crippen molar-refractivity contribution in [2.45, 2.75) is 19.5 Å². The van der Waals surface area contributed by atoms with Gasteiger partial charge in [-0.1, -0.05) is 12.1 Å². The zero-order valence-electron chi connectivity index (χ0n) is 12.2. The van der Waals surface area contributed by atoms with E-state index >= 15 is 0 Å². The third kappa shape index (κ3) is 3.79. The first kappa shape index (κ1) is 15.9. The molecule has 1 saturated heterocycles. The quantitative estimate of drug-likeness (QED) is 0.945. The fourth-order valence-corrected chi connectivity index (χ4v) is 2.74. The molecule has 1 unspecified atom stereocenters. The molecule has 0 spiro atoms. The second-order valence-electron chi connectivity index (χ2n) is 5.22. The average Bonchev–Trinajstić information content (AvgIpc) is 2.51. The fraction of sp³-hybridized carbons (Fsp3) is 0.375. The van der Waals surface area contributed by atoms with Crippen LogP contribution in [0.5, 0.6) is 0 Å². The van der Waals surface area contributed by atoms with Gasteiger partial charge in [-0.05, 0) is 30.2 Å². The first-order chi connectivity index (χ1) is 9.84. The van der Waals surface area contributed by atoms with Crippen LogP contribution in [0.1, 0.15) is 22.9 Å². The zero-order chi connectivity index (χ0) is 13.8. The smallest absolute Gasteiger partial charge is 0.0492 e. The Kier molecular flexibility index (Phi) is 5.67. The number of piperazine rings is 1. The topological polar surface area (TPSA) is 41.1 Å². The third-order valence-electron chi connectivity index (χ3n) is 3.91. The lowest BCUT2D eigenvalue weighted by atomic mass is 10.0. The summed E-state index contributed by atoms with van der Waals surface area (Å²) in [5.74, 6) is 0. The van der Waals surface area contributed by atoms with Crippen LogP contribution < -0.4 is 5.32 Å². The average molecular weight is 305 g/mol. The number of pyridine rings is 2. The van der Waals surface area contributed by atoms with E-state index in [9.17, 15) is 0 Å². The van der Waals surface area contributed by atoms with E-state index < -0.39 is 0 Å². The van der Waals surface area contributed by atoms with Gasteiger partial charge in [0.25, 0.3) is 0 Å². The Hall–Kier alpha value is -1.49. The highest BCUT2D eigenvalue weighted by atomic mass is 35.5. The highest BCUT2D eigenvalue weighted by Gasteiger charge is 2.24. The summed E-state index contributed by atoms with van der Waals surface area (Å²) in [6.07, 6.45) is 5.66. The highest BCUT2D eigenvalue weighted by molar-refractivity contribution is 5.85. The third-order valence-corrected chi connectivity index (χ3v) is 3.91. The van der Waals surface area contributed by atoms with Crippen molar-refractivity contribution < 1.29 is 0 Å². The van der Waals surface area contributed by atoms with Crippen LogP contribution in [0.15, 0.2) is 42.9 Å². The molecule has 1 aliphatic rings. The van der Waals surface area contributed by atoms with Crippen molar-refractivity contribution in [2.75, 3.05) is 19.6 Å². The molecule has 0 amide bonds. The Bertz CT molecular complexity index is 561. The molecule has 4 nitrogen and oxygen atoms in total. The Morgan fingerprint density at radius 3 is 2.90 bits per heavy atom. The van der Waals surface area contributed by atoms with Crippen molar-refractivity contribution in [2.24, 2.45) is 0 Å². The molecule has 112 valence electrons. The number of rotatable bonds is 3. The van der Waals surface area contributed by atoms with Crippen LogP contribution in [0.4, 0.5) is 0 Å². The minimum atomic E-state index is 0. The fourth-order valence-electron chi connectivity index (χ4n) is 2.74. The van der Waals surface area contributed by atoms with Gasteiger partial charge < -0.3 is 5.32 Å². The van der Waals surface area contributed by atoms with E-state index in [-0.39, 0.29) is 12.4 Å². The van der Waals surface area contributed by atoms with Crippen molar-refractivity contribution in [3.8, 4) is 0 Å². The molecule has 0 saturated carbocycles. The van der Waals surface area contributed by atoms with Crippen LogP contribution >= 0.6 is 12.4 Å². The molecule has 1 atom stereocenters. The van der Waals surface area contributed by atoms with Gasteiger partial charge in [-0.15, -0.1) is 12.4 Å². The van der Waals surface area contributed by atoms with Gasteiger partial charge in [-0.2, -0.15) is 0 Å². The van der Waals surface area contributed by atoms with Gasteiger partial charge in [0.2, 0.25) is 0 Å². The molecular weight excluding hydrogens is 284 g/mol. The van der Waals surface area contributed by atoms with Crippen molar-refractivity contribution in [1.82, 2.24) is 20.2 Å². The first-order valence-corrected chi connectivity index (χ1v) is 7.10. The van der Waals surface area contributed by atoms with Gasteiger partial charge >= 0.3 is 0 Å². The standard InChI is InChI=1S/C16H20N4.ClH/c1-13-15(5-3-7-19-13)12-20-9-8-18-11-16(20)14-4-2-6-17-10-14;/h2-7,10,16,18H,8-9,11-12H2,1H3;1H. The predicted octanol–water partition coefficient (Wildman–Crippen LogP) is 2.35. The summed E-state index contributed by atoms with van der Waals surface area (Å²) >= 11 is 0. The summed E-state index contributed by atoms with van der Waals surface area (Å²) < 4.78 is 0. The van der Waals surface area contributed by atoms with Crippen LogP contribution in [-0.2, 0) is 6.54 Å². The molecule has 0 aliphatic carbocycles. The van der Waals surface area contributed by atoms with E-state index in [1.54, 1.807) is 0 Å². The number of nitrogens with one attached hydrogen (secondary N) is 1. The summed E-state index contributed by atoms with van der Waals surface area (Å²) in [5, 5.41) is 3.48. The van der Waals surface area contributed by atoms with Gasteiger partial charge in [0.1, 0.15) is 0 Å². The first-order valence-electron chi connectivity index (χ1n) is 7.10. The van der Waals surface area contributed by atoms with Gasteiger partial charge in [-0.25, -0.2) is 0 Å². The normalized spacial score (nSPS) is 19.0. The summed E-state index contributed by atoms with van der Waals surface area (Å²) in [7, 11) is 0. The molecular formula is C16H21ClN4. The van der Waals surface area contributed by atoms with Crippen molar-refractivity contribution >= 4 is 12.4 Å². The van der Waals surface area contributed by atoms with Crippen LogP contribution in [0, 0.1) is 6.92 Å². The van der Waals surface area contributed by atoms with Crippen molar-refractivity contribution in [1.29, 1.82) is 0 Å². The van der Waals surface area contributed by atoms with E-state index in [4.69, 9.17) is 0 Å². The maximum absolute atomic E-state index is 4.39. The van der Waals surface area contributed by atoms with Crippen LogP contribution in [0.25, 0.3) is 0 Å². The Morgan fingerprint density at radius 1 is 1.29 bits per heavy atom. The molecule has 1 fully saturated rings. The summed E-state index contributed by atoms with van der Waals surface area (Å²) in [4.78, 5) is 11.2. The van der Waals surface area contributed by atoms with E-state index in [1.165, 1.54) is 11.1 Å². The maximum atomic E-state index is 4.39. The van der Waals surface area contributed by atoms with Gasteiger partial charge in [0.05, 0.1) is 0 Å². The van der Waals surface area contributed by atoms with E-state index in [2.05, 4.69) is 39.2 Å². The van der Waals surface area contributed by atoms with E-state index in [0.717, 1.165) is 31.9 Å². The number of halogens is 1. The monoisotopic (exact) mass is 304 g/mol. The number of aromatic nitrogens is 2. The molecule has 2 aromatic rings. The molecule has 0 bridgehead atoms. The molecule has 1 N–H and O–H groups in total. The predicted molar refractivity (Wildman–Crippen MR) is 86.5 cm³/mol. The molecule has 3 heterocycles. The van der Waals surface area contributed by atoms with Gasteiger partial charge in [-0.3, -0.25) is 14.9 Å². The van der Waals surface area contributed by atoms with E-state index in [1.807, 2.05) is 30.7 Å². The molecule has 3 rings (SSSR count). The minimum absolute atomic E-state index is 0. The molecule has 0 aromatic carbocycles. The SMILES string of the molecule is Cc1ncccc1CN1CCNCC1c1cccnc1.Cl. The molecule has 0 radical (unpaired) electrons. The van der Waals surface area contributed by atoms with Crippen molar-refractivity contribution in [3.05, 3.63) is 59.7 Å². The number of hydrogen-bond donors (Lipinski definition) is 1. The molecule has 21 heavy (non-hydrogen) atoms. The lowest BCUT2D eigenvalue weighted by Gasteiger charge is -2.36. The zero-order valence-corrected chi connectivity index (χ0v) is 13.0. The number of aryl methyl sites for hydroxylation is 1. The largest absolute Gasteiger partial charge is 0.314 e. The summed E-state index contributed by atoms with van der Waals surface area (Å²) in [6, 6.07) is 8.75. The Labute approximate surface area is 132 Å². The molecule has 1 aliphatic heterocycles. The lowest BCUT2D eigenvalue weighted by molar-refractivity contribution is 0.153. The van der Waals surface area contributed by atoms with Gasteiger partial charge in [0.15, 0.2) is 0 Å². The summed E-state index contributed by atoms with van der Waals surface area (Å²) in [5.41, 5.74) is 3.71. The Balaban J connectivity index is 0.00000161. The van der Waals surface area contributed by atoms with Crippen molar-refractivity contribution in [3.63, 3.8) is 0 Å². The maximum Gasteiger partial charge on any atom is 0.0492 e. The minimum Gasteiger partial charge on any atom is -0.314 e.